The molecule has 1 aliphatic rings. The normalized spacial score (nSPS) is 14.4. The van der Waals surface area contributed by atoms with Crippen LogP contribution in [0.5, 0.6) is 0 Å². The molecule has 0 fully saturated rings. The molecule has 1 N–H and O–H groups in total. The van der Waals surface area contributed by atoms with Crippen LogP contribution >= 0.6 is 11.6 Å². The number of aryl methyl sites for hydroxylation is 1. The number of imide groups is 1. The molecule has 8 heteroatoms. The molecular weight excluding hydrogens is 440 g/mol. The number of pyridine rings is 1. The standard InChI is InChI=1S/C25H25ClN4O3/c1-14(2)21-19(24(32)30(27-21)18-10-8-17(26)9-11-18)20-22(28-12-6-7-16(5)13-28)25(33)29(15(3)4)23(20)31/h6-15H,1-5H3/p+1. The molecule has 170 valence electrons. The molecule has 0 saturated carbocycles. The highest BCUT2D eigenvalue weighted by Gasteiger charge is 2.48. The van der Waals surface area contributed by atoms with E-state index >= 15 is 0 Å². The van der Waals surface area contributed by atoms with Crippen LogP contribution in [0.25, 0.3) is 17.0 Å². The van der Waals surface area contributed by atoms with Gasteiger partial charge in [0.15, 0.2) is 12.4 Å². The number of amides is 2. The molecular formula is C25H26ClN4O3+. The third kappa shape index (κ3) is 3.82. The van der Waals surface area contributed by atoms with E-state index in [-0.39, 0.29) is 28.8 Å². The monoisotopic (exact) mass is 465 g/mol. The molecule has 0 atom stereocenters. The fourth-order valence-corrected chi connectivity index (χ4v) is 4.21. The second kappa shape index (κ2) is 8.48. The number of hydrogen-bond donors (Lipinski definition) is 1. The smallest absolute Gasteiger partial charge is 0.294 e. The van der Waals surface area contributed by atoms with Crippen LogP contribution in [-0.2, 0) is 9.59 Å². The SMILES string of the molecule is Cc1ccc[n+](C2=C(c3c(C(C)C)[nH]n(-c4ccc(Cl)cc4)c3=O)C(=O)N(C(C)C)C2=O)c1. The molecule has 0 radical (unpaired) electrons. The van der Waals surface area contributed by atoms with E-state index in [2.05, 4.69) is 5.10 Å². The Kier molecular flexibility index (Phi) is 5.84. The van der Waals surface area contributed by atoms with Crippen LogP contribution in [0.15, 0.2) is 53.6 Å². The van der Waals surface area contributed by atoms with Crippen LogP contribution < -0.4 is 10.1 Å². The van der Waals surface area contributed by atoms with Gasteiger partial charge in [-0.15, -0.1) is 0 Å². The maximum absolute atomic E-state index is 13.7. The Morgan fingerprint density at radius 3 is 2.21 bits per heavy atom. The van der Waals surface area contributed by atoms with Gasteiger partial charge in [0.1, 0.15) is 5.57 Å². The van der Waals surface area contributed by atoms with Gasteiger partial charge in [0.2, 0.25) is 0 Å². The number of carbonyl (C=O) groups is 2. The highest BCUT2D eigenvalue weighted by molar-refractivity contribution is 6.44. The summed E-state index contributed by atoms with van der Waals surface area (Å²) in [5.41, 5.74) is 2.20. The number of nitrogens with zero attached hydrogens (tertiary/aromatic N) is 3. The summed E-state index contributed by atoms with van der Waals surface area (Å²) in [4.78, 5) is 42.0. The number of benzene rings is 1. The number of halogens is 1. The van der Waals surface area contributed by atoms with E-state index in [0.717, 1.165) is 5.56 Å². The highest BCUT2D eigenvalue weighted by atomic mass is 35.5. The van der Waals surface area contributed by atoms with Crippen molar-refractivity contribution in [2.45, 2.75) is 46.6 Å². The van der Waals surface area contributed by atoms with Crippen molar-refractivity contribution >= 4 is 34.7 Å². The molecule has 0 bridgehead atoms. The number of hydrogen-bond acceptors (Lipinski definition) is 3. The van der Waals surface area contributed by atoms with Gasteiger partial charge >= 0.3 is 5.91 Å². The minimum Gasteiger partial charge on any atom is -0.294 e. The maximum Gasteiger partial charge on any atom is 0.327 e. The lowest BCUT2D eigenvalue weighted by Crippen LogP contribution is -2.42. The van der Waals surface area contributed by atoms with Gasteiger partial charge in [-0.2, -0.15) is 4.57 Å². The van der Waals surface area contributed by atoms with Gasteiger partial charge in [-0.3, -0.25) is 24.4 Å². The van der Waals surface area contributed by atoms with Gasteiger partial charge in [0.25, 0.3) is 17.2 Å². The van der Waals surface area contributed by atoms with E-state index in [0.29, 0.717) is 16.4 Å². The molecule has 0 unspecified atom stereocenters. The first kappa shape index (κ1) is 22.7. The molecule has 2 amide bonds. The predicted octanol–water partition coefficient (Wildman–Crippen LogP) is 3.68. The predicted molar refractivity (Wildman–Crippen MR) is 127 cm³/mol. The summed E-state index contributed by atoms with van der Waals surface area (Å²) in [5, 5.41) is 3.71. The quantitative estimate of drug-likeness (QED) is 0.461. The van der Waals surface area contributed by atoms with Crippen molar-refractivity contribution < 1.29 is 14.2 Å². The maximum atomic E-state index is 13.7. The lowest BCUT2D eigenvalue weighted by Gasteiger charge is -2.17. The number of nitrogens with one attached hydrogen (secondary N) is 1. The average Bonchev–Trinajstić information content (AvgIpc) is 3.21. The van der Waals surface area contributed by atoms with Crippen LogP contribution in [0.2, 0.25) is 5.02 Å². The topological polar surface area (TPSA) is 79.1 Å². The van der Waals surface area contributed by atoms with Crippen molar-refractivity contribution in [3.63, 3.8) is 0 Å². The zero-order valence-electron chi connectivity index (χ0n) is 19.2. The van der Waals surface area contributed by atoms with Crippen LogP contribution in [-0.4, -0.2) is 32.5 Å². The van der Waals surface area contributed by atoms with Crippen molar-refractivity contribution in [3.8, 4) is 5.69 Å². The number of rotatable bonds is 5. The molecule has 0 aliphatic carbocycles. The summed E-state index contributed by atoms with van der Waals surface area (Å²) in [7, 11) is 0. The summed E-state index contributed by atoms with van der Waals surface area (Å²) in [6.07, 6.45) is 3.50. The van der Waals surface area contributed by atoms with Crippen molar-refractivity contribution in [2.75, 3.05) is 0 Å². The first-order chi connectivity index (χ1) is 15.6. The summed E-state index contributed by atoms with van der Waals surface area (Å²) in [5.74, 6) is -0.997. The minimum atomic E-state index is -0.472. The summed E-state index contributed by atoms with van der Waals surface area (Å²) in [6, 6.07) is 10.2. The van der Waals surface area contributed by atoms with Crippen molar-refractivity contribution in [2.24, 2.45) is 0 Å². The highest BCUT2D eigenvalue weighted by Crippen LogP contribution is 2.33. The summed E-state index contributed by atoms with van der Waals surface area (Å²) < 4.78 is 3.03. The fraction of sp³-hybridized carbons (Fsp3) is 0.280. The third-order valence-corrected chi connectivity index (χ3v) is 5.90. The third-order valence-electron chi connectivity index (χ3n) is 5.64. The molecule has 1 aromatic carbocycles. The van der Waals surface area contributed by atoms with Gasteiger partial charge in [0.05, 0.1) is 11.3 Å². The van der Waals surface area contributed by atoms with Gasteiger partial charge < -0.3 is 0 Å². The Bertz CT molecular complexity index is 1350. The lowest BCUT2D eigenvalue weighted by atomic mass is 9.98. The van der Waals surface area contributed by atoms with E-state index < -0.39 is 17.4 Å². The van der Waals surface area contributed by atoms with Crippen LogP contribution in [0.1, 0.15) is 50.4 Å². The fourth-order valence-electron chi connectivity index (χ4n) is 4.09. The molecule has 3 aromatic rings. The molecule has 2 aromatic heterocycles. The Labute approximate surface area is 196 Å². The van der Waals surface area contributed by atoms with Gasteiger partial charge in [0, 0.05) is 28.4 Å². The average molecular weight is 466 g/mol. The van der Waals surface area contributed by atoms with E-state index in [1.165, 1.54) is 9.58 Å². The van der Waals surface area contributed by atoms with Gasteiger partial charge in [-0.1, -0.05) is 25.4 Å². The molecule has 0 spiro atoms. The second-order valence-electron chi connectivity index (χ2n) is 8.76. The van der Waals surface area contributed by atoms with E-state index in [1.54, 1.807) is 55.1 Å². The van der Waals surface area contributed by atoms with Gasteiger partial charge in [-0.25, -0.2) is 4.68 Å². The Hall–Kier alpha value is -3.45. The van der Waals surface area contributed by atoms with Crippen molar-refractivity contribution in [1.82, 2.24) is 14.7 Å². The molecule has 0 saturated heterocycles. The Morgan fingerprint density at radius 2 is 1.64 bits per heavy atom. The number of aromatic nitrogens is 3. The molecule has 4 rings (SSSR count). The molecule has 33 heavy (non-hydrogen) atoms. The number of H-pyrrole nitrogens is 1. The molecule has 3 heterocycles. The van der Waals surface area contributed by atoms with Gasteiger partial charge in [-0.05, 0) is 57.0 Å². The largest absolute Gasteiger partial charge is 0.327 e. The van der Waals surface area contributed by atoms with E-state index in [9.17, 15) is 14.4 Å². The number of aromatic amines is 1. The van der Waals surface area contributed by atoms with E-state index in [1.807, 2.05) is 32.9 Å². The lowest BCUT2D eigenvalue weighted by molar-refractivity contribution is -0.577. The minimum absolute atomic E-state index is 0.103. The van der Waals surface area contributed by atoms with Crippen LogP contribution in [0.4, 0.5) is 0 Å². The summed E-state index contributed by atoms with van der Waals surface area (Å²) in [6.45, 7) is 9.33. The zero-order chi connectivity index (χ0) is 24.0. The van der Waals surface area contributed by atoms with Crippen molar-refractivity contribution in [3.05, 3.63) is 81.0 Å². The number of carbonyl (C=O) groups excluding carboxylic acids is 2. The van der Waals surface area contributed by atoms with Crippen LogP contribution in [0, 0.1) is 6.92 Å². The molecule has 1 aliphatic heterocycles. The first-order valence-electron chi connectivity index (χ1n) is 10.8. The Morgan fingerprint density at radius 1 is 0.970 bits per heavy atom. The Balaban J connectivity index is 2.05. The zero-order valence-corrected chi connectivity index (χ0v) is 20.0. The van der Waals surface area contributed by atoms with Crippen LogP contribution in [0.3, 0.4) is 0 Å². The first-order valence-corrected chi connectivity index (χ1v) is 11.2. The van der Waals surface area contributed by atoms with E-state index in [4.69, 9.17) is 11.6 Å². The molecule has 7 nitrogen and oxygen atoms in total. The second-order valence-corrected chi connectivity index (χ2v) is 9.19. The van der Waals surface area contributed by atoms with Crippen molar-refractivity contribution in [1.29, 1.82) is 0 Å². The summed E-state index contributed by atoms with van der Waals surface area (Å²) >= 11 is 6.01.